The number of amides is 1. The number of carbonyl (C=O) groups excluding carboxylic acids is 1. The molecule has 3 aliphatic rings. The van der Waals surface area contributed by atoms with E-state index in [1.807, 2.05) is 0 Å². The van der Waals surface area contributed by atoms with E-state index >= 15 is 0 Å². The zero-order valence-electron chi connectivity index (χ0n) is 10.4. The van der Waals surface area contributed by atoms with Crippen LogP contribution >= 0.6 is 0 Å². The van der Waals surface area contributed by atoms with Crippen molar-refractivity contribution in [2.75, 3.05) is 13.1 Å². The third kappa shape index (κ3) is 1.79. The van der Waals surface area contributed by atoms with Crippen LogP contribution in [0.1, 0.15) is 40.5 Å². The lowest BCUT2D eigenvalue weighted by atomic mass is 9.70. The van der Waals surface area contributed by atoms with Crippen molar-refractivity contribution in [3.05, 3.63) is 0 Å². The minimum Gasteiger partial charge on any atom is -0.342 e. The van der Waals surface area contributed by atoms with Gasteiger partial charge >= 0.3 is 0 Å². The molecule has 2 nitrogen and oxygen atoms in total. The van der Waals surface area contributed by atoms with Crippen LogP contribution in [-0.4, -0.2) is 23.9 Å². The molecule has 2 saturated heterocycles. The molecule has 1 saturated carbocycles. The number of hydrogen-bond acceptors (Lipinski definition) is 1. The summed E-state index contributed by atoms with van der Waals surface area (Å²) in [6.45, 7) is 10.5. The van der Waals surface area contributed by atoms with Gasteiger partial charge in [-0.25, -0.2) is 0 Å². The van der Waals surface area contributed by atoms with E-state index in [1.54, 1.807) is 0 Å². The molecule has 2 heterocycles. The van der Waals surface area contributed by atoms with E-state index in [4.69, 9.17) is 0 Å². The summed E-state index contributed by atoms with van der Waals surface area (Å²) in [6, 6.07) is 0. The van der Waals surface area contributed by atoms with Crippen molar-refractivity contribution in [2.45, 2.75) is 40.5 Å². The molecule has 0 atom stereocenters. The molecule has 3 fully saturated rings. The summed E-state index contributed by atoms with van der Waals surface area (Å²) in [5.74, 6) is 2.42. The lowest BCUT2D eigenvalue weighted by molar-refractivity contribution is -0.149. The molecule has 86 valence electrons. The molecular formula is C13H23NO. The molecule has 1 aliphatic carbocycles. The fourth-order valence-corrected chi connectivity index (χ4v) is 2.69. The van der Waals surface area contributed by atoms with Gasteiger partial charge in [-0.1, -0.05) is 27.7 Å². The first kappa shape index (κ1) is 11.0. The fraction of sp³-hybridized carbons (Fsp3) is 0.923. The second-order valence-electron chi connectivity index (χ2n) is 6.29. The van der Waals surface area contributed by atoms with E-state index in [-0.39, 0.29) is 5.41 Å². The lowest BCUT2D eigenvalue weighted by Gasteiger charge is -2.49. The highest BCUT2D eigenvalue weighted by Crippen LogP contribution is 2.41. The molecule has 0 N–H and O–H groups in total. The van der Waals surface area contributed by atoms with Crippen molar-refractivity contribution in [1.82, 2.24) is 4.90 Å². The number of rotatable bonds is 2. The molecule has 0 aromatic rings. The Balaban J connectivity index is 2.02. The quantitative estimate of drug-likeness (QED) is 0.684. The van der Waals surface area contributed by atoms with Gasteiger partial charge in [0, 0.05) is 18.5 Å². The van der Waals surface area contributed by atoms with Gasteiger partial charge in [0.15, 0.2) is 0 Å². The van der Waals surface area contributed by atoms with E-state index in [1.165, 1.54) is 12.8 Å². The molecule has 15 heavy (non-hydrogen) atoms. The zero-order valence-corrected chi connectivity index (χ0v) is 10.4. The highest BCUT2D eigenvalue weighted by Gasteiger charge is 2.43. The van der Waals surface area contributed by atoms with Crippen molar-refractivity contribution in [3.63, 3.8) is 0 Å². The predicted molar refractivity (Wildman–Crippen MR) is 61.4 cm³/mol. The van der Waals surface area contributed by atoms with Crippen LogP contribution in [0.25, 0.3) is 0 Å². The van der Waals surface area contributed by atoms with Crippen LogP contribution in [0.5, 0.6) is 0 Å². The van der Waals surface area contributed by atoms with Crippen LogP contribution < -0.4 is 0 Å². The highest BCUT2D eigenvalue weighted by atomic mass is 16.2. The van der Waals surface area contributed by atoms with Crippen molar-refractivity contribution < 1.29 is 4.79 Å². The topological polar surface area (TPSA) is 20.3 Å². The Bertz CT molecular complexity index is 254. The van der Waals surface area contributed by atoms with Gasteiger partial charge in [-0.3, -0.25) is 4.79 Å². The molecule has 2 bridgehead atoms. The van der Waals surface area contributed by atoms with Crippen LogP contribution in [0.3, 0.4) is 0 Å². The first-order valence-electron chi connectivity index (χ1n) is 6.20. The summed E-state index contributed by atoms with van der Waals surface area (Å²) in [6.07, 6.45) is 2.73. The van der Waals surface area contributed by atoms with Gasteiger partial charge in [0.1, 0.15) is 0 Å². The van der Waals surface area contributed by atoms with E-state index in [0.717, 1.165) is 24.9 Å². The van der Waals surface area contributed by atoms with Crippen LogP contribution in [0, 0.1) is 23.2 Å². The Kier molecular flexibility index (Phi) is 2.56. The van der Waals surface area contributed by atoms with Gasteiger partial charge in [-0.05, 0) is 30.6 Å². The minimum atomic E-state index is -0.191. The predicted octanol–water partition coefficient (Wildman–Crippen LogP) is 2.54. The van der Waals surface area contributed by atoms with E-state index in [0.29, 0.717) is 11.8 Å². The minimum absolute atomic E-state index is 0.191. The van der Waals surface area contributed by atoms with Gasteiger partial charge in [-0.2, -0.15) is 0 Å². The normalized spacial score (nSPS) is 30.3. The van der Waals surface area contributed by atoms with Crippen molar-refractivity contribution in [3.8, 4) is 0 Å². The molecule has 0 spiro atoms. The number of carbonyl (C=O) groups is 1. The van der Waals surface area contributed by atoms with Gasteiger partial charge in [0.25, 0.3) is 0 Å². The molecule has 2 heteroatoms. The van der Waals surface area contributed by atoms with E-state index in [2.05, 4.69) is 32.6 Å². The Morgan fingerprint density at radius 3 is 2.07 bits per heavy atom. The Hall–Kier alpha value is -0.530. The van der Waals surface area contributed by atoms with Crippen molar-refractivity contribution in [1.29, 1.82) is 0 Å². The first-order chi connectivity index (χ1) is 6.91. The highest BCUT2D eigenvalue weighted by molar-refractivity contribution is 5.82. The summed E-state index contributed by atoms with van der Waals surface area (Å²) < 4.78 is 0. The summed E-state index contributed by atoms with van der Waals surface area (Å²) in [7, 11) is 0. The standard InChI is InChI=1S/C13H23NO/c1-9(2)13(3,4)12(15)14-7-10-5-11(6-10)8-14/h9-11H,5-8H2,1-4H3. The fourth-order valence-electron chi connectivity index (χ4n) is 2.69. The van der Waals surface area contributed by atoms with Crippen LogP contribution in [0.15, 0.2) is 0 Å². The third-order valence-corrected chi connectivity index (χ3v) is 4.57. The molecule has 0 aromatic heterocycles. The molecule has 1 amide bonds. The van der Waals surface area contributed by atoms with Crippen molar-refractivity contribution >= 4 is 5.91 Å². The van der Waals surface area contributed by atoms with E-state index in [9.17, 15) is 4.79 Å². The summed E-state index contributed by atoms with van der Waals surface area (Å²) in [4.78, 5) is 14.5. The number of fused-ring (bicyclic) bond motifs is 2. The number of piperidine rings is 2. The third-order valence-electron chi connectivity index (χ3n) is 4.57. The van der Waals surface area contributed by atoms with Gasteiger partial charge in [-0.15, -0.1) is 0 Å². The summed E-state index contributed by atoms with van der Waals surface area (Å²) in [5, 5.41) is 0. The van der Waals surface area contributed by atoms with Crippen LogP contribution in [0.4, 0.5) is 0 Å². The number of hydrogen-bond donors (Lipinski definition) is 0. The molecule has 0 aromatic carbocycles. The Morgan fingerprint density at radius 1 is 1.20 bits per heavy atom. The SMILES string of the molecule is CC(C)C(C)(C)C(=O)N1CC2CC(C2)C1. The maximum absolute atomic E-state index is 12.4. The molecule has 0 radical (unpaired) electrons. The summed E-state index contributed by atoms with van der Waals surface area (Å²) in [5.41, 5.74) is -0.191. The zero-order chi connectivity index (χ0) is 11.2. The molecule has 0 unspecified atom stereocenters. The smallest absolute Gasteiger partial charge is 0.228 e. The average Bonchev–Trinajstić information content (AvgIpc) is 2.15. The second kappa shape index (κ2) is 3.50. The second-order valence-corrected chi connectivity index (χ2v) is 6.29. The first-order valence-corrected chi connectivity index (χ1v) is 6.20. The molecule has 3 rings (SSSR count). The summed E-state index contributed by atoms with van der Waals surface area (Å²) >= 11 is 0. The average molecular weight is 209 g/mol. The lowest BCUT2D eigenvalue weighted by Crippen LogP contribution is -2.54. The largest absolute Gasteiger partial charge is 0.342 e. The number of nitrogens with zero attached hydrogens (tertiary/aromatic N) is 1. The van der Waals surface area contributed by atoms with Gasteiger partial charge < -0.3 is 4.90 Å². The molecular weight excluding hydrogens is 186 g/mol. The Morgan fingerprint density at radius 2 is 1.67 bits per heavy atom. The van der Waals surface area contributed by atoms with Crippen LogP contribution in [0.2, 0.25) is 0 Å². The van der Waals surface area contributed by atoms with Gasteiger partial charge in [0.05, 0.1) is 0 Å². The maximum Gasteiger partial charge on any atom is 0.228 e. The monoisotopic (exact) mass is 209 g/mol. The molecule has 2 aliphatic heterocycles. The van der Waals surface area contributed by atoms with Crippen LogP contribution in [-0.2, 0) is 4.79 Å². The maximum atomic E-state index is 12.4. The van der Waals surface area contributed by atoms with Crippen molar-refractivity contribution in [2.24, 2.45) is 23.2 Å². The van der Waals surface area contributed by atoms with E-state index < -0.39 is 0 Å². The van der Waals surface area contributed by atoms with Gasteiger partial charge in [0.2, 0.25) is 5.91 Å². The Labute approximate surface area is 93.0 Å².